The highest BCUT2D eigenvalue weighted by Gasteiger charge is 2.35. The molecule has 0 radical (unpaired) electrons. The topological polar surface area (TPSA) is 40.5 Å². The Balaban J connectivity index is 2.49. The van der Waals surface area contributed by atoms with Crippen molar-refractivity contribution in [3.63, 3.8) is 0 Å². The summed E-state index contributed by atoms with van der Waals surface area (Å²) in [5, 5.41) is 8.50. The van der Waals surface area contributed by atoms with E-state index in [1.54, 1.807) is 0 Å². The van der Waals surface area contributed by atoms with Gasteiger partial charge in [0.25, 0.3) is 0 Å². The fourth-order valence-electron chi connectivity index (χ4n) is 1.39. The van der Waals surface area contributed by atoms with Crippen molar-refractivity contribution in [1.29, 1.82) is 0 Å². The maximum atomic E-state index is 10.3. The first-order valence-electron chi connectivity index (χ1n) is 3.14. The van der Waals surface area contributed by atoms with Crippen molar-refractivity contribution < 1.29 is 9.90 Å². The van der Waals surface area contributed by atoms with Gasteiger partial charge < -0.3 is 10.0 Å². The van der Waals surface area contributed by atoms with Crippen molar-refractivity contribution in [3.8, 4) is 0 Å². The average Bonchev–Trinajstić information content (AvgIpc) is 1.62. The zero-order valence-electron chi connectivity index (χ0n) is 5.66. The summed E-state index contributed by atoms with van der Waals surface area (Å²) < 4.78 is 0. The molecule has 0 saturated carbocycles. The van der Waals surface area contributed by atoms with Crippen molar-refractivity contribution >= 4 is 6.09 Å². The molecule has 2 atom stereocenters. The van der Waals surface area contributed by atoms with E-state index in [4.69, 9.17) is 5.11 Å². The zero-order valence-corrected chi connectivity index (χ0v) is 5.66. The number of hydrogen-bond acceptors (Lipinski definition) is 1. The summed E-state index contributed by atoms with van der Waals surface area (Å²) >= 11 is 0. The highest BCUT2D eigenvalue weighted by Crippen LogP contribution is 2.24. The van der Waals surface area contributed by atoms with Crippen molar-refractivity contribution in [3.05, 3.63) is 0 Å². The average molecular weight is 129 g/mol. The summed E-state index contributed by atoms with van der Waals surface area (Å²) in [7, 11) is 0. The zero-order chi connectivity index (χ0) is 7.02. The van der Waals surface area contributed by atoms with Gasteiger partial charge in [-0.25, -0.2) is 4.79 Å². The Bertz CT molecular complexity index is 127. The molecular weight excluding hydrogens is 118 g/mol. The Morgan fingerprint density at radius 2 is 2.00 bits per heavy atom. The Kier molecular flexibility index (Phi) is 1.35. The van der Waals surface area contributed by atoms with Gasteiger partial charge in [-0.2, -0.15) is 0 Å². The molecule has 1 aliphatic rings. The van der Waals surface area contributed by atoms with Crippen molar-refractivity contribution in [2.45, 2.75) is 32.4 Å². The van der Waals surface area contributed by atoms with Crippen molar-refractivity contribution in [2.24, 2.45) is 0 Å². The van der Waals surface area contributed by atoms with E-state index in [1.165, 1.54) is 4.90 Å². The van der Waals surface area contributed by atoms with Gasteiger partial charge in [0, 0.05) is 12.1 Å². The predicted octanol–water partition coefficient (Wildman–Crippen LogP) is 1.15. The lowest BCUT2D eigenvalue weighted by molar-refractivity contribution is 0.0413. The number of amides is 1. The number of hydrogen-bond donors (Lipinski definition) is 1. The van der Waals surface area contributed by atoms with Crippen LogP contribution in [-0.2, 0) is 0 Å². The minimum Gasteiger partial charge on any atom is -0.465 e. The molecule has 1 aliphatic heterocycles. The minimum atomic E-state index is -0.791. The fourth-order valence-corrected chi connectivity index (χ4v) is 1.39. The van der Waals surface area contributed by atoms with E-state index in [2.05, 4.69) is 0 Å². The number of likely N-dealkylation sites (tertiary alicyclic amines) is 1. The van der Waals surface area contributed by atoms with E-state index < -0.39 is 6.09 Å². The molecule has 0 aromatic rings. The molecule has 1 fully saturated rings. The van der Waals surface area contributed by atoms with Gasteiger partial charge in [-0.3, -0.25) is 0 Å². The number of rotatable bonds is 0. The maximum Gasteiger partial charge on any atom is 0.407 e. The van der Waals surface area contributed by atoms with E-state index >= 15 is 0 Å². The van der Waals surface area contributed by atoms with Crippen LogP contribution in [0.2, 0.25) is 0 Å². The molecule has 1 saturated heterocycles. The summed E-state index contributed by atoms with van der Waals surface area (Å²) in [4.78, 5) is 11.8. The smallest absolute Gasteiger partial charge is 0.407 e. The lowest BCUT2D eigenvalue weighted by Gasteiger charge is -2.43. The quantitative estimate of drug-likeness (QED) is 0.533. The Morgan fingerprint density at radius 3 is 2.11 bits per heavy atom. The Morgan fingerprint density at radius 1 is 1.56 bits per heavy atom. The second kappa shape index (κ2) is 1.90. The largest absolute Gasteiger partial charge is 0.465 e. The molecule has 0 bridgehead atoms. The van der Waals surface area contributed by atoms with Crippen LogP contribution in [0, 0.1) is 0 Å². The van der Waals surface area contributed by atoms with Crippen LogP contribution in [0.3, 0.4) is 0 Å². The molecule has 1 rings (SSSR count). The van der Waals surface area contributed by atoms with E-state index in [9.17, 15) is 4.79 Å². The molecule has 0 aromatic heterocycles. The SMILES string of the molecule is C[C@@H]1C[C@@H](C)N1C(=O)O. The summed E-state index contributed by atoms with van der Waals surface area (Å²) in [5.41, 5.74) is 0. The highest BCUT2D eigenvalue weighted by molar-refractivity contribution is 5.67. The highest BCUT2D eigenvalue weighted by atomic mass is 16.4. The lowest BCUT2D eigenvalue weighted by Crippen LogP contribution is -2.55. The molecule has 3 heteroatoms. The van der Waals surface area contributed by atoms with Crippen molar-refractivity contribution in [2.75, 3.05) is 0 Å². The van der Waals surface area contributed by atoms with Crippen LogP contribution in [0.25, 0.3) is 0 Å². The van der Waals surface area contributed by atoms with Crippen LogP contribution in [0.1, 0.15) is 20.3 Å². The van der Waals surface area contributed by atoms with E-state index in [0.29, 0.717) is 0 Å². The van der Waals surface area contributed by atoms with Gasteiger partial charge in [-0.1, -0.05) is 0 Å². The molecule has 0 aliphatic carbocycles. The van der Waals surface area contributed by atoms with Gasteiger partial charge in [0.1, 0.15) is 0 Å². The minimum absolute atomic E-state index is 0.234. The summed E-state index contributed by atoms with van der Waals surface area (Å²) in [5.74, 6) is 0. The van der Waals surface area contributed by atoms with Crippen LogP contribution in [-0.4, -0.2) is 28.2 Å². The van der Waals surface area contributed by atoms with E-state index in [-0.39, 0.29) is 12.1 Å². The van der Waals surface area contributed by atoms with Gasteiger partial charge >= 0.3 is 6.09 Å². The van der Waals surface area contributed by atoms with E-state index in [0.717, 1.165) is 6.42 Å². The molecule has 0 unspecified atom stereocenters. The van der Waals surface area contributed by atoms with Gasteiger partial charge in [-0.15, -0.1) is 0 Å². The Labute approximate surface area is 54.3 Å². The summed E-state index contributed by atoms with van der Waals surface area (Å²) in [6.07, 6.45) is 0.216. The van der Waals surface area contributed by atoms with Crippen LogP contribution in [0.4, 0.5) is 4.79 Å². The van der Waals surface area contributed by atoms with Gasteiger partial charge in [-0.05, 0) is 20.3 Å². The maximum absolute atomic E-state index is 10.3. The second-order valence-electron chi connectivity index (χ2n) is 2.62. The molecule has 0 spiro atoms. The summed E-state index contributed by atoms with van der Waals surface area (Å²) in [6, 6.07) is 0.468. The first kappa shape index (κ1) is 6.39. The van der Waals surface area contributed by atoms with Crippen LogP contribution in [0.5, 0.6) is 0 Å². The lowest BCUT2D eigenvalue weighted by atomic mass is 9.97. The van der Waals surface area contributed by atoms with Gasteiger partial charge in [0.05, 0.1) is 0 Å². The molecule has 3 nitrogen and oxygen atoms in total. The number of carboxylic acid groups (broad SMARTS) is 1. The molecule has 1 heterocycles. The number of nitrogens with zero attached hydrogens (tertiary/aromatic N) is 1. The third-order valence-corrected chi connectivity index (χ3v) is 1.85. The first-order chi connectivity index (χ1) is 4.13. The standard InChI is InChI=1S/C6H11NO2/c1-4-3-5(2)7(4)6(8)9/h4-5H,3H2,1-2H3,(H,8,9)/t4-,5-/m1/s1. The third kappa shape index (κ3) is 0.866. The monoisotopic (exact) mass is 129 g/mol. The second-order valence-corrected chi connectivity index (χ2v) is 2.62. The first-order valence-corrected chi connectivity index (χ1v) is 3.14. The molecule has 1 N–H and O–H groups in total. The Hall–Kier alpha value is -0.730. The van der Waals surface area contributed by atoms with Crippen LogP contribution < -0.4 is 0 Å². The van der Waals surface area contributed by atoms with Crippen LogP contribution in [0.15, 0.2) is 0 Å². The van der Waals surface area contributed by atoms with E-state index in [1.807, 2.05) is 13.8 Å². The third-order valence-electron chi connectivity index (χ3n) is 1.85. The molecular formula is C6H11NO2. The normalized spacial score (nSPS) is 33.8. The molecule has 52 valence electrons. The number of carbonyl (C=O) groups is 1. The van der Waals surface area contributed by atoms with Crippen molar-refractivity contribution in [1.82, 2.24) is 4.90 Å². The molecule has 1 amide bonds. The predicted molar refractivity (Wildman–Crippen MR) is 33.4 cm³/mol. The molecule has 0 aromatic carbocycles. The van der Waals surface area contributed by atoms with Gasteiger partial charge in [0.2, 0.25) is 0 Å². The molecule has 9 heavy (non-hydrogen) atoms. The fraction of sp³-hybridized carbons (Fsp3) is 0.833. The summed E-state index contributed by atoms with van der Waals surface area (Å²) in [6.45, 7) is 3.85. The van der Waals surface area contributed by atoms with Crippen LogP contribution >= 0.6 is 0 Å². The van der Waals surface area contributed by atoms with Gasteiger partial charge in [0.15, 0.2) is 0 Å².